The third-order valence-electron chi connectivity index (χ3n) is 2.23. The zero-order valence-corrected chi connectivity index (χ0v) is 12.6. The smallest absolute Gasteiger partial charge is 0.272 e. The van der Waals surface area contributed by atoms with E-state index < -0.39 is 10.0 Å². The zero-order chi connectivity index (χ0) is 13.3. The SMILES string of the molecule is Cc1ccc(NS(=O)(=O)c2sccc2Br)c(O)c1. The summed E-state index contributed by atoms with van der Waals surface area (Å²) in [5.74, 6) is -0.0914. The van der Waals surface area contributed by atoms with Crippen LogP contribution in [-0.2, 0) is 10.0 Å². The second-order valence-electron chi connectivity index (χ2n) is 3.68. The summed E-state index contributed by atoms with van der Waals surface area (Å²) in [5.41, 5.74) is 1.02. The van der Waals surface area contributed by atoms with Gasteiger partial charge in [0, 0.05) is 4.47 Å². The van der Waals surface area contributed by atoms with Gasteiger partial charge in [-0.15, -0.1) is 11.3 Å². The van der Waals surface area contributed by atoms with Crippen LogP contribution in [0.4, 0.5) is 5.69 Å². The predicted octanol–water partition coefficient (Wildman–Crippen LogP) is 3.33. The fourth-order valence-corrected chi connectivity index (χ4v) is 4.80. The number of anilines is 1. The summed E-state index contributed by atoms with van der Waals surface area (Å²) in [5, 5.41) is 11.4. The second-order valence-corrected chi connectivity index (χ2v) is 7.33. The summed E-state index contributed by atoms with van der Waals surface area (Å²) in [6.07, 6.45) is 0. The van der Waals surface area contributed by atoms with Crippen LogP contribution in [0.1, 0.15) is 5.56 Å². The molecular formula is C11H10BrNO3S2. The third-order valence-corrected chi connectivity index (χ3v) is 6.26. The average molecular weight is 348 g/mol. The molecule has 96 valence electrons. The summed E-state index contributed by atoms with van der Waals surface area (Å²) >= 11 is 4.28. The molecule has 7 heteroatoms. The standard InChI is InChI=1S/C11H10BrNO3S2/c1-7-2-3-9(10(14)6-7)13-18(15,16)11-8(12)4-5-17-11/h2-6,13-14H,1H3. The zero-order valence-electron chi connectivity index (χ0n) is 9.34. The minimum absolute atomic E-state index is 0.0914. The Morgan fingerprint density at radius 3 is 2.61 bits per heavy atom. The lowest BCUT2D eigenvalue weighted by Gasteiger charge is -2.09. The van der Waals surface area contributed by atoms with Crippen molar-refractivity contribution in [1.29, 1.82) is 0 Å². The molecule has 1 aromatic heterocycles. The van der Waals surface area contributed by atoms with Gasteiger partial charge in [-0.05, 0) is 52.0 Å². The van der Waals surface area contributed by atoms with Crippen LogP contribution >= 0.6 is 27.3 Å². The van der Waals surface area contributed by atoms with Crippen LogP contribution < -0.4 is 4.72 Å². The first-order chi connectivity index (χ1) is 8.40. The molecule has 0 saturated carbocycles. The number of aryl methyl sites for hydroxylation is 1. The number of thiophene rings is 1. The van der Waals surface area contributed by atoms with Crippen molar-refractivity contribution in [2.24, 2.45) is 0 Å². The number of hydrogen-bond donors (Lipinski definition) is 2. The van der Waals surface area contributed by atoms with Gasteiger partial charge in [0.25, 0.3) is 10.0 Å². The van der Waals surface area contributed by atoms with Crippen LogP contribution in [0.25, 0.3) is 0 Å². The van der Waals surface area contributed by atoms with E-state index >= 15 is 0 Å². The largest absolute Gasteiger partial charge is 0.506 e. The van der Waals surface area contributed by atoms with Crippen LogP contribution in [0.15, 0.2) is 38.3 Å². The Balaban J connectivity index is 2.37. The molecule has 0 unspecified atom stereocenters. The molecule has 0 aliphatic heterocycles. The normalized spacial score (nSPS) is 11.4. The van der Waals surface area contributed by atoms with E-state index in [0.29, 0.717) is 4.47 Å². The number of rotatable bonds is 3. The Hall–Kier alpha value is -1.05. The quantitative estimate of drug-likeness (QED) is 0.837. The maximum Gasteiger partial charge on any atom is 0.272 e. The van der Waals surface area contributed by atoms with Gasteiger partial charge in [-0.2, -0.15) is 0 Å². The molecule has 18 heavy (non-hydrogen) atoms. The molecule has 0 spiro atoms. The van der Waals surface area contributed by atoms with E-state index in [1.54, 1.807) is 17.5 Å². The molecule has 0 fully saturated rings. The molecule has 1 aromatic carbocycles. The highest BCUT2D eigenvalue weighted by atomic mass is 79.9. The van der Waals surface area contributed by atoms with Gasteiger partial charge in [-0.25, -0.2) is 8.42 Å². The van der Waals surface area contributed by atoms with E-state index in [4.69, 9.17) is 0 Å². The molecule has 0 amide bonds. The number of benzene rings is 1. The number of halogens is 1. The van der Waals surface area contributed by atoms with E-state index in [9.17, 15) is 13.5 Å². The summed E-state index contributed by atoms with van der Waals surface area (Å²) in [4.78, 5) is 0. The van der Waals surface area contributed by atoms with Crippen LogP contribution in [0, 0.1) is 6.92 Å². The Morgan fingerprint density at radius 1 is 1.33 bits per heavy atom. The van der Waals surface area contributed by atoms with Crippen molar-refractivity contribution in [2.45, 2.75) is 11.1 Å². The van der Waals surface area contributed by atoms with Gasteiger partial charge in [0.2, 0.25) is 0 Å². The van der Waals surface area contributed by atoms with Crippen LogP contribution in [0.2, 0.25) is 0 Å². The Labute approximate surface area is 117 Å². The molecule has 0 saturated heterocycles. The summed E-state index contributed by atoms with van der Waals surface area (Å²) in [6.45, 7) is 1.81. The highest BCUT2D eigenvalue weighted by Crippen LogP contribution is 2.31. The fourth-order valence-electron chi connectivity index (χ4n) is 1.39. The number of sulfonamides is 1. The summed E-state index contributed by atoms with van der Waals surface area (Å²) in [7, 11) is -3.67. The average Bonchev–Trinajstić information content (AvgIpc) is 2.69. The lowest BCUT2D eigenvalue weighted by atomic mass is 10.2. The van der Waals surface area contributed by atoms with Gasteiger partial charge in [0.15, 0.2) is 4.21 Å². The van der Waals surface area contributed by atoms with Crippen molar-refractivity contribution >= 4 is 43.0 Å². The Kier molecular flexibility index (Phi) is 3.65. The molecule has 2 aromatic rings. The second kappa shape index (κ2) is 4.91. The van der Waals surface area contributed by atoms with Crippen molar-refractivity contribution < 1.29 is 13.5 Å². The number of nitrogens with one attached hydrogen (secondary N) is 1. The van der Waals surface area contributed by atoms with Crippen molar-refractivity contribution in [2.75, 3.05) is 4.72 Å². The van der Waals surface area contributed by atoms with Crippen LogP contribution in [0.3, 0.4) is 0 Å². The lowest BCUT2D eigenvalue weighted by Crippen LogP contribution is -2.12. The molecule has 0 aliphatic carbocycles. The van der Waals surface area contributed by atoms with Crippen LogP contribution in [0.5, 0.6) is 5.75 Å². The number of phenols is 1. The Morgan fingerprint density at radius 2 is 2.06 bits per heavy atom. The third kappa shape index (κ3) is 2.68. The lowest BCUT2D eigenvalue weighted by molar-refractivity contribution is 0.477. The van der Waals surface area contributed by atoms with E-state index in [0.717, 1.165) is 16.9 Å². The molecule has 0 aliphatic rings. The molecule has 2 rings (SSSR count). The number of phenolic OH excluding ortho intramolecular Hbond substituents is 1. The van der Waals surface area contributed by atoms with E-state index in [2.05, 4.69) is 20.7 Å². The maximum absolute atomic E-state index is 12.1. The molecular weight excluding hydrogens is 338 g/mol. The molecule has 1 heterocycles. The summed E-state index contributed by atoms with van der Waals surface area (Å²) < 4.78 is 27.2. The van der Waals surface area contributed by atoms with Gasteiger partial charge >= 0.3 is 0 Å². The monoisotopic (exact) mass is 347 g/mol. The van der Waals surface area contributed by atoms with Gasteiger partial charge < -0.3 is 5.11 Å². The van der Waals surface area contributed by atoms with Crippen LogP contribution in [-0.4, -0.2) is 13.5 Å². The molecule has 4 nitrogen and oxygen atoms in total. The van der Waals surface area contributed by atoms with Crippen molar-refractivity contribution in [3.8, 4) is 5.75 Å². The first kappa shape index (κ1) is 13.4. The van der Waals surface area contributed by atoms with E-state index in [1.165, 1.54) is 12.1 Å². The molecule has 2 N–H and O–H groups in total. The first-order valence-electron chi connectivity index (χ1n) is 4.95. The molecule has 0 bridgehead atoms. The number of aromatic hydroxyl groups is 1. The highest BCUT2D eigenvalue weighted by Gasteiger charge is 2.20. The summed E-state index contributed by atoms with van der Waals surface area (Å²) in [6, 6.07) is 6.42. The maximum atomic E-state index is 12.1. The first-order valence-corrected chi connectivity index (χ1v) is 8.11. The van der Waals surface area contributed by atoms with Gasteiger partial charge in [0.1, 0.15) is 5.75 Å². The van der Waals surface area contributed by atoms with E-state index in [1.807, 2.05) is 6.92 Å². The number of hydrogen-bond acceptors (Lipinski definition) is 4. The fraction of sp³-hybridized carbons (Fsp3) is 0.0909. The molecule has 0 atom stereocenters. The minimum Gasteiger partial charge on any atom is -0.506 e. The van der Waals surface area contributed by atoms with Gasteiger partial charge in [-0.3, -0.25) is 4.72 Å². The van der Waals surface area contributed by atoms with Crippen molar-refractivity contribution in [1.82, 2.24) is 0 Å². The van der Waals surface area contributed by atoms with Crippen molar-refractivity contribution in [3.05, 3.63) is 39.7 Å². The molecule has 0 radical (unpaired) electrons. The Bertz CT molecular complexity index is 679. The van der Waals surface area contributed by atoms with E-state index in [-0.39, 0.29) is 15.6 Å². The van der Waals surface area contributed by atoms with Gasteiger partial charge in [-0.1, -0.05) is 6.07 Å². The highest BCUT2D eigenvalue weighted by molar-refractivity contribution is 9.10. The van der Waals surface area contributed by atoms with Crippen molar-refractivity contribution in [3.63, 3.8) is 0 Å². The van der Waals surface area contributed by atoms with Gasteiger partial charge in [0.05, 0.1) is 5.69 Å². The topological polar surface area (TPSA) is 66.4 Å². The predicted molar refractivity (Wildman–Crippen MR) is 75.7 cm³/mol. The minimum atomic E-state index is -3.67.